The van der Waals surface area contributed by atoms with Gasteiger partial charge >= 0.3 is 0 Å². The summed E-state index contributed by atoms with van der Waals surface area (Å²) in [5, 5.41) is 8.81. The molecule has 0 N–H and O–H groups in total. The lowest BCUT2D eigenvalue weighted by Crippen LogP contribution is -2.35. The van der Waals surface area contributed by atoms with Gasteiger partial charge in [-0.25, -0.2) is 8.42 Å². The van der Waals surface area contributed by atoms with E-state index in [0.717, 1.165) is 24.9 Å². The van der Waals surface area contributed by atoms with Crippen LogP contribution in [0.25, 0.3) is 5.65 Å². The lowest BCUT2D eigenvalue weighted by molar-refractivity contribution is 0.102. The van der Waals surface area contributed by atoms with Gasteiger partial charge in [-0.05, 0) is 37.1 Å². The Balaban J connectivity index is 1.44. The van der Waals surface area contributed by atoms with Crippen molar-refractivity contribution in [3.05, 3.63) is 54.2 Å². The van der Waals surface area contributed by atoms with E-state index >= 15 is 0 Å². The van der Waals surface area contributed by atoms with E-state index in [-0.39, 0.29) is 16.4 Å². The van der Waals surface area contributed by atoms with E-state index in [4.69, 9.17) is 0 Å². The molecule has 0 aliphatic carbocycles. The predicted molar refractivity (Wildman–Crippen MR) is 107 cm³/mol. The highest BCUT2D eigenvalue weighted by molar-refractivity contribution is 7.99. The van der Waals surface area contributed by atoms with Crippen LogP contribution in [0.2, 0.25) is 0 Å². The average molecular weight is 417 g/mol. The van der Waals surface area contributed by atoms with Gasteiger partial charge in [-0.2, -0.15) is 4.31 Å². The molecule has 146 valence electrons. The van der Waals surface area contributed by atoms with Crippen molar-refractivity contribution in [2.75, 3.05) is 18.8 Å². The van der Waals surface area contributed by atoms with E-state index < -0.39 is 10.0 Å². The van der Waals surface area contributed by atoms with Crippen LogP contribution in [0, 0.1) is 0 Å². The first-order chi connectivity index (χ1) is 13.6. The molecule has 9 heteroatoms. The Morgan fingerprint density at radius 1 is 1.00 bits per heavy atom. The lowest BCUT2D eigenvalue weighted by atomic mass is 10.1. The van der Waals surface area contributed by atoms with E-state index in [2.05, 4.69) is 10.2 Å². The van der Waals surface area contributed by atoms with Gasteiger partial charge in [0, 0.05) is 24.8 Å². The molecule has 3 aromatic rings. The first-order valence-corrected chi connectivity index (χ1v) is 11.5. The summed E-state index contributed by atoms with van der Waals surface area (Å²) in [5.41, 5.74) is 1.21. The molecule has 1 aromatic carbocycles. The zero-order chi connectivity index (χ0) is 19.6. The van der Waals surface area contributed by atoms with Crippen LogP contribution in [-0.4, -0.2) is 51.9 Å². The third-order valence-corrected chi connectivity index (χ3v) is 7.60. The van der Waals surface area contributed by atoms with Gasteiger partial charge in [-0.15, -0.1) is 10.2 Å². The van der Waals surface area contributed by atoms with Crippen LogP contribution in [-0.2, 0) is 10.0 Å². The number of piperidine rings is 1. The molecular formula is C19H20N4O3S2. The summed E-state index contributed by atoms with van der Waals surface area (Å²) in [6.45, 7) is 1.12. The molecule has 1 aliphatic rings. The Labute approximate surface area is 167 Å². The number of pyridine rings is 1. The summed E-state index contributed by atoms with van der Waals surface area (Å²) in [7, 11) is -3.48. The van der Waals surface area contributed by atoms with Crippen molar-refractivity contribution in [1.82, 2.24) is 18.9 Å². The first-order valence-electron chi connectivity index (χ1n) is 9.12. The largest absolute Gasteiger partial charge is 0.293 e. The normalized spacial score (nSPS) is 15.7. The van der Waals surface area contributed by atoms with Gasteiger partial charge in [0.15, 0.2) is 16.6 Å². The minimum absolute atomic E-state index is 0.0837. The predicted octanol–water partition coefficient (Wildman–Crippen LogP) is 2.88. The van der Waals surface area contributed by atoms with E-state index in [0.29, 0.717) is 23.8 Å². The Hall–Kier alpha value is -2.23. The zero-order valence-corrected chi connectivity index (χ0v) is 16.8. The molecule has 0 bridgehead atoms. The number of sulfonamides is 1. The highest BCUT2D eigenvalue weighted by atomic mass is 32.2. The molecule has 7 nitrogen and oxygen atoms in total. The van der Waals surface area contributed by atoms with Crippen LogP contribution in [0.3, 0.4) is 0 Å². The Kier molecular flexibility index (Phi) is 5.47. The number of Topliss-reactive ketones (excluding diaryl/α,β-unsaturated/α-hetero) is 1. The van der Waals surface area contributed by atoms with Crippen molar-refractivity contribution in [1.29, 1.82) is 0 Å². The maximum absolute atomic E-state index is 12.7. The van der Waals surface area contributed by atoms with Crippen molar-refractivity contribution in [3.63, 3.8) is 0 Å². The molecule has 0 saturated carbocycles. The molecule has 0 atom stereocenters. The van der Waals surface area contributed by atoms with Crippen molar-refractivity contribution in [2.45, 2.75) is 29.3 Å². The molecule has 0 unspecified atom stereocenters. The average Bonchev–Trinajstić information content (AvgIpc) is 3.16. The second-order valence-corrected chi connectivity index (χ2v) is 9.49. The fourth-order valence-corrected chi connectivity index (χ4v) is 5.53. The van der Waals surface area contributed by atoms with Crippen LogP contribution >= 0.6 is 11.8 Å². The highest BCUT2D eigenvalue weighted by Gasteiger charge is 2.26. The first kappa shape index (κ1) is 19.1. The quantitative estimate of drug-likeness (QED) is 0.454. The molecule has 0 radical (unpaired) electrons. The van der Waals surface area contributed by atoms with Gasteiger partial charge in [0.1, 0.15) is 0 Å². The van der Waals surface area contributed by atoms with Crippen molar-refractivity contribution < 1.29 is 13.2 Å². The van der Waals surface area contributed by atoms with Gasteiger partial charge in [-0.3, -0.25) is 9.20 Å². The number of carbonyl (C=O) groups excluding carboxylic acids is 1. The van der Waals surface area contributed by atoms with Crippen molar-refractivity contribution in [2.24, 2.45) is 0 Å². The molecule has 4 rings (SSSR count). The second-order valence-electron chi connectivity index (χ2n) is 6.61. The van der Waals surface area contributed by atoms with Gasteiger partial charge in [-0.1, -0.05) is 36.4 Å². The molecule has 2 aromatic heterocycles. The van der Waals surface area contributed by atoms with E-state index in [1.54, 1.807) is 12.1 Å². The molecule has 28 heavy (non-hydrogen) atoms. The van der Waals surface area contributed by atoms with Crippen molar-refractivity contribution in [3.8, 4) is 0 Å². The number of aromatic nitrogens is 3. The van der Waals surface area contributed by atoms with Gasteiger partial charge < -0.3 is 0 Å². The number of nitrogens with zero attached hydrogens (tertiary/aromatic N) is 4. The highest BCUT2D eigenvalue weighted by Crippen LogP contribution is 2.22. The third kappa shape index (κ3) is 3.82. The molecule has 0 amide bonds. The second kappa shape index (κ2) is 8.02. The minimum atomic E-state index is -3.48. The van der Waals surface area contributed by atoms with Crippen LogP contribution in [0.15, 0.2) is 58.7 Å². The number of benzene rings is 1. The van der Waals surface area contributed by atoms with Crippen LogP contribution < -0.4 is 0 Å². The van der Waals surface area contributed by atoms with Gasteiger partial charge in [0.2, 0.25) is 10.0 Å². The lowest BCUT2D eigenvalue weighted by Gasteiger charge is -2.25. The van der Waals surface area contributed by atoms with E-state index in [1.165, 1.54) is 28.2 Å². The summed E-state index contributed by atoms with van der Waals surface area (Å²) in [6, 6.07) is 11.8. The third-order valence-electron chi connectivity index (χ3n) is 4.74. The fourth-order valence-electron chi connectivity index (χ4n) is 3.20. The molecule has 1 saturated heterocycles. The number of hydrogen-bond acceptors (Lipinski definition) is 6. The summed E-state index contributed by atoms with van der Waals surface area (Å²) in [4.78, 5) is 12.7. The van der Waals surface area contributed by atoms with Crippen LogP contribution in [0.4, 0.5) is 0 Å². The maximum atomic E-state index is 12.7. The number of ketones is 1. The number of hydrogen-bond donors (Lipinski definition) is 0. The number of carbonyl (C=O) groups is 1. The summed E-state index contributed by atoms with van der Waals surface area (Å²) >= 11 is 1.31. The maximum Gasteiger partial charge on any atom is 0.243 e. The number of rotatable bonds is 6. The molecule has 0 spiro atoms. The van der Waals surface area contributed by atoms with E-state index in [1.807, 2.05) is 28.8 Å². The topological polar surface area (TPSA) is 84.6 Å². The molecule has 1 fully saturated rings. The zero-order valence-electron chi connectivity index (χ0n) is 15.2. The SMILES string of the molecule is O=C(CSc1nnc2ccccn12)c1ccc(S(=O)(=O)N2CCCCC2)cc1. The van der Waals surface area contributed by atoms with Crippen LogP contribution in [0.1, 0.15) is 29.6 Å². The standard InChI is InChI=1S/C19H20N4O3S2/c24-17(14-27-19-21-20-18-6-2-5-13-23(18)19)15-7-9-16(10-8-15)28(25,26)22-11-3-1-4-12-22/h2,5-10,13H,1,3-4,11-12,14H2. The summed E-state index contributed by atoms with van der Waals surface area (Å²) < 4.78 is 28.7. The van der Waals surface area contributed by atoms with Crippen molar-refractivity contribution >= 4 is 33.2 Å². The minimum Gasteiger partial charge on any atom is -0.293 e. The summed E-state index contributed by atoms with van der Waals surface area (Å²) in [5.74, 6) is 0.119. The molecular weight excluding hydrogens is 396 g/mol. The van der Waals surface area contributed by atoms with Gasteiger partial charge in [0.05, 0.1) is 10.6 Å². The fraction of sp³-hybridized carbons (Fsp3) is 0.316. The van der Waals surface area contributed by atoms with Crippen LogP contribution in [0.5, 0.6) is 0 Å². The Morgan fingerprint density at radius 3 is 2.50 bits per heavy atom. The summed E-state index contributed by atoms with van der Waals surface area (Å²) in [6.07, 6.45) is 4.70. The Morgan fingerprint density at radius 2 is 1.75 bits per heavy atom. The molecule has 3 heterocycles. The number of thioether (sulfide) groups is 1. The van der Waals surface area contributed by atoms with E-state index in [9.17, 15) is 13.2 Å². The number of fused-ring (bicyclic) bond motifs is 1. The monoisotopic (exact) mass is 416 g/mol. The van der Waals surface area contributed by atoms with Gasteiger partial charge in [0.25, 0.3) is 0 Å². The molecule has 1 aliphatic heterocycles. The Bertz CT molecular complexity index is 1090. The smallest absolute Gasteiger partial charge is 0.243 e.